The molecule has 0 aromatic heterocycles. The minimum atomic E-state index is -0.0172. The van der Waals surface area contributed by atoms with Crippen LogP contribution in [0.2, 0.25) is 0 Å². The summed E-state index contributed by atoms with van der Waals surface area (Å²) >= 11 is 5.49. The topological polar surface area (TPSA) is 12.5 Å². The van der Waals surface area contributed by atoms with E-state index >= 15 is 0 Å². The van der Waals surface area contributed by atoms with Crippen LogP contribution < -0.4 is 0 Å². The molecule has 2 nitrogen and oxygen atoms in total. The van der Waals surface area contributed by atoms with E-state index in [0.29, 0.717) is 0 Å². The minimum Gasteiger partial charge on any atom is -0.374 e. The first-order valence-electron chi connectivity index (χ1n) is 4.75. The van der Waals surface area contributed by atoms with Crippen LogP contribution in [0.1, 0.15) is 20.3 Å². The monoisotopic (exact) mass is 203 g/mol. The average molecular weight is 204 g/mol. The largest absolute Gasteiger partial charge is 0.374 e. The van der Waals surface area contributed by atoms with Crippen molar-refractivity contribution in [2.45, 2.75) is 25.9 Å². The van der Waals surface area contributed by atoms with Crippen molar-refractivity contribution < 1.29 is 4.74 Å². The van der Waals surface area contributed by atoms with Crippen molar-refractivity contribution >= 4 is 11.6 Å². The molecule has 1 fully saturated rings. The molecule has 13 heavy (non-hydrogen) atoms. The molecule has 1 rings (SSSR count). The van der Waals surface area contributed by atoms with Crippen molar-refractivity contribution in [3.05, 3.63) is 11.6 Å². The summed E-state index contributed by atoms with van der Waals surface area (Å²) in [6, 6.07) is 0. The molecule has 0 amide bonds. The van der Waals surface area contributed by atoms with Gasteiger partial charge in [0.1, 0.15) is 0 Å². The Labute approximate surface area is 85.5 Å². The van der Waals surface area contributed by atoms with Gasteiger partial charge in [0, 0.05) is 31.8 Å². The van der Waals surface area contributed by atoms with Crippen molar-refractivity contribution in [1.82, 2.24) is 4.90 Å². The predicted octanol–water partition coefficient (Wildman–Crippen LogP) is 2.24. The lowest BCUT2D eigenvalue weighted by Crippen LogP contribution is -2.38. The summed E-state index contributed by atoms with van der Waals surface area (Å²) in [5, 5.41) is 0. The summed E-state index contributed by atoms with van der Waals surface area (Å²) in [7, 11) is 0. The van der Waals surface area contributed by atoms with Gasteiger partial charge in [-0.15, -0.1) is 0 Å². The van der Waals surface area contributed by atoms with Crippen LogP contribution in [-0.2, 0) is 4.74 Å². The maximum atomic E-state index is 5.70. The predicted molar refractivity (Wildman–Crippen MR) is 56.1 cm³/mol. The van der Waals surface area contributed by atoms with Gasteiger partial charge in [-0.25, -0.2) is 0 Å². The molecular weight excluding hydrogens is 186 g/mol. The summed E-state index contributed by atoms with van der Waals surface area (Å²) in [6.45, 7) is 8.15. The van der Waals surface area contributed by atoms with Gasteiger partial charge in [0.2, 0.25) is 0 Å². The molecule has 0 bridgehead atoms. The molecule has 0 aromatic carbocycles. The van der Waals surface area contributed by atoms with Gasteiger partial charge in [-0.05, 0) is 20.3 Å². The van der Waals surface area contributed by atoms with Crippen LogP contribution in [0.15, 0.2) is 11.6 Å². The van der Waals surface area contributed by atoms with E-state index in [-0.39, 0.29) is 5.60 Å². The molecule has 0 aromatic rings. The second-order valence-corrected chi connectivity index (χ2v) is 4.31. The fraction of sp³-hybridized carbons (Fsp3) is 0.800. The third-order valence-corrected chi connectivity index (χ3v) is 2.35. The Bertz CT molecular complexity index is 180. The van der Waals surface area contributed by atoms with Gasteiger partial charge in [0.05, 0.1) is 5.60 Å². The lowest BCUT2D eigenvalue weighted by atomic mass is 10.1. The molecule has 1 heterocycles. The molecule has 0 unspecified atom stereocenters. The SMILES string of the molecule is CC1(C)CN(C/C=C/Cl)CCCO1. The van der Waals surface area contributed by atoms with E-state index in [1.165, 1.54) is 0 Å². The Balaban J connectivity index is 2.44. The van der Waals surface area contributed by atoms with Crippen LogP contribution in [0.4, 0.5) is 0 Å². The van der Waals surface area contributed by atoms with Crippen LogP contribution in [0, 0.1) is 0 Å². The van der Waals surface area contributed by atoms with Crippen molar-refractivity contribution in [3.8, 4) is 0 Å². The van der Waals surface area contributed by atoms with Gasteiger partial charge in [-0.2, -0.15) is 0 Å². The van der Waals surface area contributed by atoms with Gasteiger partial charge in [0.15, 0.2) is 0 Å². The van der Waals surface area contributed by atoms with Crippen molar-refractivity contribution in [1.29, 1.82) is 0 Å². The van der Waals surface area contributed by atoms with Crippen LogP contribution in [-0.4, -0.2) is 36.7 Å². The van der Waals surface area contributed by atoms with Gasteiger partial charge >= 0.3 is 0 Å². The highest BCUT2D eigenvalue weighted by molar-refractivity contribution is 6.25. The zero-order valence-corrected chi connectivity index (χ0v) is 9.18. The Hall–Kier alpha value is -0.0500. The molecule has 0 radical (unpaired) electrons. The minimum absolute atomic E-state index is 0.0172. The number of rotatable bonds is 2. The Morgan fingerprint density at radius 1 is 1.54 bits per heavy atom. The molecular formula is C10H18ClNO. The van der Waals surface area contributed by atoms with E-state index in [1.807, 2.05) is 6.08 Å². The molecule has 0 N–H and O–H groups in total. The number of ether oxygens (including phenoxy) is 1. The molecule has 3 heteroatoms. The fourth-order valence-corrected chi connectivity index (χ4v) is 1.72. The van der Waals surface area contributed by atoms with E-state index in [2.05, 4.69) is 18.7 Å². The Morgan fingerprint density at radius 2 is 2.31 bits per heavy atom. The van der Waals surface area contributed by atoms with Gasteiger partial charge in [-0.1, -0.05) is 17.7 Å². The third kappa shape index (κ3) is 4.12. The van der Waals surface area contributed by atoms with Crippen molar-refractivity contribution in [3.63, 3.8) is 0 Å². The first-order chi connectivity index (χ1) is 6.14. The number of hydrogen-bond donors (Lipinski definition) is 0. The molecule has 1 saturated heterocycles. The van der Waals surface area contributed by atoms with Crippen LogP contribution in [0.5, 0.6) is 0 Å². The van der Waals surface area contributed by atoms with E-state index < -0.39 is 0 Å². The summed E-state index contributed by atoms with van der Waals surface area (Å²) in [5.41, 5.74) is 1.56. The molecule has 0 aliphatic carbocycles. The fourth-order valence-electron chi connectivity index (χ4n) is 1.64. The van der Waals surface area contributed by atoms with Gasteiger partial charge in [0.25, 0.3) is 0 Å². The summed E-state index contributed by atoms with van der Waals surface area (Å²) < 4.78 is 5.70. The van der Waals surface area contributed by atoms with Crippen LogP contribution in [0.3, 0.4) is 0 Å². The molecule has 0 atom stereocenters. The molecule has 1 aliphatic rings. The third-order valence-electron chi connectivity index (χ3n) is 2.17. The van der Waals surface area contributed by atoms with Crippen LogP contribution >= 0.6 is 11.6 Å². The van der Waals surface area contributed by atoms with Gasteiger partial charge < -0.3 is 4.74 Å². The molecule has 0 spiro atoms. The molecule has 0 saturated carbocycles. The summed E-state index contributed by atoms with van der Waals surface area (Å²) in [4.78, 5) is 2.37. The van der Waals surface area contributed by atoms with Gasteiger partial charge in [-0.3, -0.25) is 4.90 Å². The quantitative estimate of drug-likeness (QED) is 0.683. The standard InChI is InChI=1S/C10H18ClNO/c1-10(2)9-12(6-3-5-11)7-4-8-13-10/h3,5H,4,6-9H2,1-2H3/b5-3+. The highest BCUT2D eigenvalue weighted by Crippen LogP contribution is 2.15. The first kappa shape index (κ1) is 11.0. The average Bonchev–Trinajstić information content (AvgIpc) is 2.22. The Morgan fingerprint density at radius 3 is 3.00 bits per heavy atom. The summed E-state index contributed by atoms with van der Waals surface area (Å²) in [6.07, 6.45) is 3.09. The van der Waals surface area contributed by atoms with E-state index in [1.54, 1.807) is 5.54 Å². The Kier molecular flexibility index (Phi) is 4.23. The van der Waals surface area contributed by atoms with Crippen molar-refractivity contribution in [2.75, 3.05) is 26.2 Å². The normalized spacial score (nSPS) is 24.8. The number of halogens is 1. The second-order valence-electron chi connectivity index (χ2n) is 4.06. The molecule has 76 valence electrons. The molecule has 1 aliphatic heterocycles. The number of nitrogens with zero attached hydrogens (tertiary/aromatic N) is 1. The highest BCUT2D eigenvalue weighted by Gasteiger charge is 2.24. The lowest BCUT2D eigenvalue weighted by molar-refractivity contribution is -0.0160. The zero-order chi connectivity index (χ0) is 9.73. The van der Waals surface area contributed by atoms with E-state index in [9.17, 15) is 0 Å². The van der Waals surface area contributed by atoms with E-state index in [4.69, 9.17) is 16.3 Å². The highest BCUT2D eigenvalue weighted by atomic mass is 35.5. The van der Waals surface area contributed by atoms with Crippen LogP contribution in [0.25, 0.3) is 0 Å². The maximum absolute atomic E-state index is 5.70. The van der Waals surface area contributed by atoms with Crippen molar-refractivity contribution in [2.24, 2.45) is 0 Å². The second kappa shape index (κ2) is 4.99. The maximum Gasteiger partial charge on any atom is 0.0752 e. The summed E-state index contributed by atoms with van der Waals surface area (Å²) in [5.74, 6) is 0. The lowest BCUT2D eigenvalue weighted by Gasteiger charge is -2.28. The smallest absolute Gasteiger partial charge is 0.0752 e. The number of hydrogen-bond acceptors (Lipinski definition) is 2. The van der Waals surface area contributed by atoms with E-state index in [0.717, 1.165) is 32.7 Å². The first-order valence-corrected chi connectivity index (χ1v) is 5.19. The zero-order valence-electron chi connectivity index (χ0n) is 8.42.